The summed E-state index contributed by atoms with van der Waals surface area (Å²) in [6, 6.07) is 4.79. The number of aryl methyl sites for hydroxylation is 1. The zero-order valence-electron chi connectivity index (χ0n) is 10.9. The highest BCUT2D eigenvalue weighted by Crippen LogP contribution is 2.15. The van der Waals surface area contributed by atoms with Gasteiger partial charge in [-0.1, -0.05) is 13.0 Å². The summed E-state index contributed by atoms with van der Waals surface area (Å²) in [4.78, 5) is 6.96. The van der Waals surface area contributed by atoms with Gasteiger partial charge in [0.25, 0.3) is 0 Å². The molecule has 0 atom stereocenters. The molecule has 1 aliphatic heterocycles. The Morgan fingerprint density at radius 2 is 2.12 bits per heavy atom. The lowest BCUT2D eigenvalue weighted by molar-refractivity contribution is 0.219. The molecule has 0 saturated carbocycles. The normalized spacial score (nSPS) is 18.2. The lowest BCUT2D eigenvalue weighted by Crippen LogP contribution is -2.39. The lowest BCUT2D eigenvalue weighted by atomic mass is 10.0. The molecule has 1 aliphatic rings. The molecule has 3 heteroatoms. The van der Waals surface area contributed by atoms with E-state index in [9.17, 15) is 0 Å². The highest BCUT2D eigenvalue weighted by atomic mass is 15.1. The van der Waals surface area contributed by atoms with Gasteiger partial charge in [-0.05, 0) is 44.4 Å². The van der Waals surface area contributed by atoms with Gasteiger partial charge in [-0.2, -0.15) is 0 Å². The van der Waals surface area contributed by atoms with Crippen LogP contribution in [0.4, 0.5) is 5.82 Å². The maximum Gasteiger partial charge on any atom is 0.126 e. The molecule has 0 bridgehead atoms. The maximum absolute atomic E-state index is 4.40. The predicted molar refractivity (Wildman–Crippen MR) is 72.3 cm³/mol. The summed E-state index contributed by atoms with van der Waals surface area (Å²) in [6.07, 6.45) is 5.65. The monoisotopic (exact) mass is 233 g/mol. The number of rotatable bonds is 4. The molecule has 1 N–H and O–H groups in total. The van der Waals surface area contributed by atoms with Crippen molar-refractivity contribution >= 4 is 5.82 Å². The van der Waals surface area contributed by atoms with Crippen molar-refractivity contribution in [3.05, 3.63) is 23.9 Å². The molecule has 0 aromatic carbocycles. The molecule has 3 nitrogen and oxygen atoms in total. The molecule has 2 rings (SSSR count). The predicted octanol–water partition coefficient (Wildman–Crippen LogP) is 2.68. The average molecular weight is 233 g/mol. The minimum Gasteiger partial charge on any atom is -0.367 e. The van der Waals surface area contributed by atoms with Crippen LogP contribution in [0, 0.1) is 6.92 Å². The number of pyridine rings is 1. The van der Waals surface area contributed by atoms with Crippen molar-refractivity contribution in [1.29, 1.82) is 0 Å². The molecule has 0 spiro atoms. The number of nitrogens with zero attached hydrogens (tertiary/aromatic N) is 2. The molecule has 1 aromatic rings. The summed E-state index contributed by atoms with van der Waals surface area (Å²) >= 11 is 0. The molecule has 0 amide bonds. The van der Waals surface area contributed by atoms with Crippen LogP contribution in [0.15, 0.2) is 18.3 Å². The van der Waals surface area contributed by atoms with Crippen LogP contribution in [-0.2, 0) is 0 Å². The lowest BCUT2D eigenvalue weighted by Gasteiger charge is -2.32. The van der Waals surface area contributed by atoms with Gasteiger partial charge in [0, 0.05) is 25.3 Å². The Morgan fingerprint density at radius 1 is 1.35 bits per heavy atom. The highest BCUT2D eigenvalue weighted by Gasteiger charge is 2.18. The Morgan fingerprint density at radius 3 is 2.71 bits per heavy atom. The van der Waals surface area contributed by atoms with E-state index in [-0.39, 0.29) is 0 Å². The van der Waals surface area contributed by atoms with E-state index in [1.807, 2.05) is 6.20 Å². The molecular weight excluding hydrogens is 210 g/mol. The Hall–Kier alpha value is -1.09. The molecule has 1 fully saturated rings. The van der Waals surface area contributed by atoms with E-state index in [2.05, 4.69) is 41.2 Å². The number of piperidine rings is 1. The van der Waals surface area contributed by atoms with Crippen LogP contribution in [0.5, 0.6) is 0 Å². The number of anilines is 1. The molecule has 1 saturated heterocycles. The Kier molecular flexibility index (Phi) is 4.37. The minimum absolute atomic E-state index is 0.596. The highest BCUT2D eigenvalue weighted by molar-refractivity contribution is 5.36. The second-order valence-corrected chi connectivity index (χ2v) is 4.98. The van der Waals surface area contributed by atoms with Gasteiger partial charge in [0.05, 0.1) is 0 Å². The Bertz CT molecular complexity index is 326. The fourth-order valence-electron chi connectivity index (χ4n) is 2.38. The third-order valence-electron chi connectivity index (χ3n) is 3.39. The van der Waals surface area contributed by atoms with Gasteiger partial charge in [-0.15, -0.1) is 0 Å². The van der Waals surface area contributed by atoms with E-state index in [0.29, 0.717) is 6.04 Å². The first-order chi connectivity index (χ1) is 8.28. The van der Waals surface area contributed by atoms with E-state index in [1.165, 1.54) is 44.5 Å². The standard InChI is InChI=1S/C14H23N3/c1-3-8-17-9-6-13(7-10-17)16-14-5-4-12(2)11-15-14/h4-5,11,13H,3,6-10H2,1-2H3,(H,15,16). The molecule has 2 heterocycles. The first-order valence-corrected chi connectivity index (χ1v) is 6.69. The van der Waals surface area contributed by atoms with Crippen LogP contribution in [0.1, 0.15) is 31.7 Å². The summed E-state index contributed by atoms with van der Waals surface area (Å²) in [5.41, 5.74) is 1.22. The van der Waals surface area contributed by atoms with Gasteiger partial charge in [-0.3, -0.25) is 0 Å². The summed E-state index contributed by atoms with van der Waals surface area (Å²) in [7, 11) is 0. The van der Waals surface area contributed by atoms with Gasteiger partial charge in [0.15, 0.2) is 0 Å². The van der Waals surface area contributed by atoms with Crippen molar-refractivity contribution in [2.24, 2.45) is 0 Å². The smallest absolute Gasteiger partial charge is 0.126 e. The minimum atomic E-state index is 0.596. The maximum atomic E-state index is 4.40. The topological polar surface area (TPSA) is 28.2 Å². The van der Waals surface area contributed by atoms with E-state index in [1.54, 1.807) is 0 Å². The van der Waals surface area contributed by atoms with Crippen LogP contribution in [0.25, 0.3) is 0 Å². The van der Waals surface area contributed by atoms with Crippen LogP contribution in [0.2, 0.25) is 0 Å². The fourth-order valence-corrected chi connectivity index (χ4v) is 2.38. The molecule has 0 aliphatic carbocycles. The summed E-state index contributed by atoms with van der Waals surface area (Å²) in [5.74, 6) is 1.02. The van der Waals surface area contributed by atoms with Gasteiger partial charge >= 0.3 is 0 Å². The number of aromatic nitrogens is 1. The van der Waals surface area contributed by atoms with Crippen LogP contribution < -0.4 is 5.32 Å². The van der Waals surface area contributed by atoms with Gasteiger partial charge < -0.3 is 10.2 Å². The number of hydrogen-bond acceptors (Lipinski definition) is 3. The zero-order chi connectivity index (χ0) is 12.1. The van der Waals surface area contributed by atoms with Crippen molar-refractivity contribution in [2.45, 2.75) is 39.2 Å². The van der Waals surface area contributed by atoms with Crippen molar-refractivity contribution in [1.82, 2.24) is 9.88 Å². The Labute approximate surface area is 104 Å². The second kappa shape index (κ2) is 6.01. The van der Waals surface area contributed by atoms with Crippen molar-refractivity contribution in [3.8, 4) is 0 Å². The van der Waals surface area contributed by atoms with E-state index in [4.69, 9.17) is 0 Å². The molecule has 94 valence electrons. The van der Waals surface area contributed by atoms with Crippen LogP contribution in [0.3, 0.4) is 0 Å². The molecular formula is C14H23N3. The van der Waals surface area contributed by atoms with Gasteiger partial charge in [0.1, 0.15) is 5.82 Å². The van der Waals surface area contributed by atoms with E-state index >= 15 is 0 Å². The number of nitrogens with one attached hydrogen (secondary N) is 1. The van der Waals surface area contributed by atoms with E-state index in [0.717, 1.165) is 5.82 Å². The van der Waals surface area contributed by atoms with Crippen LogP contribution >= 0.6 is 0 Å². The zero-order valence-corrected chi connectivity index (χ0v) is 10.9. The van der Waals surface area contributed by atoms with Gasteiger partial charge in [0.2, 0.25) is 0 Å². The SMILES string of the molecule is CCCN1CCC(Nc2ccc(C)cn2)CC1. The van der Waals surface area contributed by atoms with Gasteiger partial charge in [-0.25, -0.2) is 4.98 Å². The first-order valence-electron chi connectivity index (χ1n) is 6.69. The van der Waals surface area contributed by atoms with Crippen molar-refractivity contribution in [2.75, 3.05) is 25.0 Å². The quantitative estimate of drug-likeness (QED) is 0.866. The largest absolute Gasteiger partial charge is 0.367 e. The molecule has 0 radical (unpaired) electrons. The second-order valence-electron chi connectivity index (χ2n) is 4.98. The van der Waals surface area contributed by atoms with Crippen molar-refractivity contribution in [3.63, 3.8) is 0 Å². The molecule has 17 heavy (non-hydrogen) atoms. The first kappa shape index (κ1) is 12.4. The number of likely N-dealkylation sites (tertiary alicyclic amines) is 1. The van der Waals surface area contributed by atoms with Crippen molar-refractivity contribution < 1.29 is 0 Å². The third-order valence-corrected chi connectivity index (χ3v) is 3.39. The average Bonchev–Trinajstić information content (AvgIpc) is 2.35. The molecule has 0 unspecified atom stereocenters. The fraction of sp³-hybridized carbons (Fsp3) is 0.643. The third kappa shape index (κ3) is 3.70. The summed E-state index contributed by atoms with van der Waals surface area (Å²) in [5, 5.41) is 3.53. The molecule has 1 aromatic heterocycles. The van der Waals surface area contributed by atoms with E-state index < -0.39 is 0 Å². The number of hydrogen-bond donors (Lipinski definition) is 1. The van der Waals surface area contributed by atoms with Crippen LogP contribution in [-0.4, -0.2) is 35.6 Å². The summed E-state index contributed by atoms with van der Waals surface area (Å²) in [6.45, 7) is 8.00. The summed E-state index contributed by atoms with van der Waals surface area (Å²) < 4.78 is 0. The Balaban J connectivity index is 1.79.